The lowest BCUT2D eigenvalue weighted by molar-refractivity contribution is -0.137. The molecule has 2 N–H and O–H groups in total. The summed E-state index contributed by atoms with van der Waals surface area (Å²) in [6.07, 6.45) is -5.05. The summed E-state index contributed by atoms with van der Waals surface area (Å²) in [7, 11) is 0. The number of nitrogens with two attached hydrogens (primary N) is 1. The molecule has 17 heavy (non-hydrogen) atoms. The highest BCUT2D eigenvalue weighted by Gasteiger charge is 2.32. The van der Waals surface area contributed by atoms with E-state index >= 15 is 0 Å². The van der Waals surface area contributed by atoms with Crippen LogP contribution in [0.15, 0.2) is 18.2 Å². The maximum Gasteiger partial charge on any atom is 0.416 e. The minimum Gasteiger partial charge on any atom is -0.447 e. The van der Waals surface area contributed by atoms with Crippen molar-refractivity contribution in [2.45, 2.75) is 6.18 Å². The first-order valence-corrected chi connectivity index (χ1v) is 4.80. The van der Waals surface area contributed by atoms with Crippen molar-refractivity contribution in [2.75, 3.05) is 23.8 Å². The van der Waals surface area contributed by atoms with Crippen molar-refractivity contribution < 1.29 is 22.7 Å². The first-order valence-electron chi connectivity index (χ1n) is 4.80. The molecule has 1 amide bonds. The summed E-state index contributed by atoms with van der Waals surface area (Å²) in [4.78, 5) is 12.4. The van der Waals surface area contributed by atoms with E-state index < -0.39 is 17.8 Å². The van der Waals surface area contributed by atoms with E-state index in [1.807, 2.05) is 0 Å². The Morgan fingerprint density at radius 3 is 2.53 bits per heavy atom. The maximum absolute atomic E-state index is 12.4. The van der Waals surface area contributed by atoms with E-state index in [9.17, 15) is 18.0 Å². The van der Waals surface area contributed by atoms with E-state index in [0.717, 1.165) is 12.1 Å². The fourth-order valence-electron chi connectivity index (χ4n) is 1.59. The third-order valence-electron chi connectivity index (χ3n) is 2.41. The number of halogens is 3. The quantitative estimate of drug-likeness (QED) is 0.773. The first-order chi connectivity index (χ1) is 7.89. The average Bonchev–Trinajstić information content (AvgIpc) is 2.63. The first kappa shape index (κ1) is 11.6. The van der Waals surface area contributed by atoms with Crippen LogP contribution in [0.3, 0.4) is 0 Å². The Bertz CT molecular complexity index is 459. The van der Waals surface area contributed by atoms with Gasteiger partial charge in [-0.05, 0) is 18.2 Å². The van der Waals surface area contributed by atoms with Crippen molar-refractivity contribution in [3.8, 4) is 0 Å². The van der Waals surface area contributed by atoms with E-state index in [4.69, 9.17) is 5.73 Å². The molecule has 0 radical (unpaired) electrons. The van der Waals surface area contributed by atoms with E-state index in [2.05, 4.69) is 4.74 Å². The minimum atomic E-state index is -4.45. The van der Waals surface area contributed by atoms with Crippen molar-refractivity contribution in [2.24, 2.45) is 0 Å². The number of ether oxygens (including phenoxy) is 1. The van der Waals surface area contributed by atoms with Gasteiger partial charge in [-0.3, -0.25) is 4.90 Å². The molecule has 1 aromatic rings. The predicted octanol–water partition coefficient (Wildman–Crippen LogP) is 2.24. The fourth-order valence-corrected chi connectivity index (χ4v) is 1.59. The summed E-state index contributed by atoms with van der Waals surface area (Å²) in [6, 6.07) is 2.86. The minimum absolute atomic E-state index is 0.0984. The number of hydrogen-bond donors (Lipinski definition) is 1. The number of carbonyl (C=O) groups is 1. The number of alkyl halides is 3. The lowest BCUT2D eigenvalue weighted by atomic mass is 10.1. The van der Waals surface area contributed by atoms with Crippen LogP contribution in [0.25, 0.3) is 0 Å². The standard InChI is InChI=1S/C10H9F3N2O2/c11-10(12,13)6-1-2-8(7(14)5-6)15-3-4-17-9(15)16/h1-2,5H,3-4,14H2. The van der Waals surface area contributed by atoms with Crippen LogP contribution in [0.5, 0.6) is 0 Å². The molecular formula is C10H9F3N2O2. The zero-order chi connectivity index (χ0) is 12.6. The van der Waals surface area contributed by atoms with Gasteiger partial charge in [-0.15, -0.1) is 0 Å². The molecule has 92 valence electrons. The molecule has 4 nitrogen and oxygen atoms in total. The third-order valence-corrected chi connectivity index (χ3v) is 2.41. The van der Waals surface area contributed by atoms with Crippen LogP contribution in [-0.4, -0.2) is 19.2 Å². The van der Waals surface area contributed by atoms with Gasteiger partial charge >= 0.3 is 12.3 Å². The smallest absolute Gasteiger partial charge is 0.416 e. The number of anilines is 2. The van der Waals surface area contributed by atoms with Crippen molar-refractivity contribution in [1.82, 2.24) is 0 Å². The predicted molar refractivity (Wildman–Crippen MR) is 54.6 cm³/mol. The summed E-state index contributed by atoms with van der Waals surface area (Å²) < 4.78 is 41.9. The zero-order valence-electron chi connectivity index (χ0n) is 8.62. The monoisotopic (exact) mass is 246 g/mol. The molecule has 2 rings (SSSR count). The van der Waals surface area contributed by atoms with Gasteiger partial charge in [0.1, 0.15) is 6.61 Å². The highest BCUT2D eigenvalue weighted by atomic mass is 19.4. The van der Waals surface area contributed by atoms with Gasteiger partial charge in [0.15, 0.2) is 0 Å². The zero-order valence-corrected chi connectivity index (χ0v) is 8.62. The molecule has 1 heterocycles. The summed E-state index contributed by atoms with van der Waals surface area (Å²) in [5.74, 6) is 0. The largest absolute Gasteiger partial charge is 0.447 e. The molecule has 0 saturated carbocycles. The van der Waals surface area contributed by atoms with Crippen LogP contribution < -0.4 is 10.6 Å². The van der Waals surface area contributed by atoms with Gasteiger partial charge in [0.25, 0.3) is 0 Å². The highest BCUT2D eigenvalue weighted by Crippen LogP contribution is 2.34. The van der Waals surface area contributed by atoms with Crippen molar-refractivity contribution in [3.63, 3.8) is 0 Å². The third kappa shape index (κ3) is 2.13. The molecule has 0 atom stereocenters. The lowest BCUT2D eigenvalue weighted by Gasteiger charge is -2.16. The van der Waals surface area contributed by atoms with Gasteiger partial charge in [0.05, 0.1) is 23.5 Å². The second kappa shape index (κ2) is 3.83. The Labute approximate surface area is 94.8 Å². The van der Waals surface area contributed by atoms with E-state index in [1.165, 1.54) is 11.0 Å². The Kier molecular flexibility index (Phi) is 2.60. The SMILES string of the molecule is Nc1cc(C(F)(F)F)ccc1N1CCOC1=O. The molecule has 1 aromatic carbocycles. The molecule has 0 spiro atoms. The number of benzene rings is 1. The Morgan fingerprint density at radius 1 is 1.35 bits per heavy atom. The number of carbonyl (C=O) groups excluding carboxylic acids is 1. The number of hydrogen-bond acceptors (Lipinski definition) is 3. The van der Waals surface area contributed by atoms with Crippen molar-refractivity contribution in [1.29, 1.82) is 0 Å². The molecule has 0 unspecified atom stereocenters. The van der Waals surface area contributed by atoms with Crippen LogP contribution in [0.2, 0.25) is 0 Å². The second-order valence-corrected chi connectivity index (χ2v) is 3.54. The van der Waals surface area contributed by atoms with Crippen LogP contribution in [-0.2, 0) is 10.9 Å². The number of nitrogens with zero attached hydrogens (tertiary/aromatic N) is 1. The Morgan fingerprint density at radius 2 is 2.06 bits per heavy atom. The summed E-state index contributed by atoms with van der Waals surface area (Å²) in [5, 5.41) is 0. The van der Waals surface area contributed by atoms with Gasteiger partial charge in [-0.1, -0.05) is 0 Å². The van der Waals surface area contributed by atoms with Crippen LogP contribution >= 0.6 is 0 Å². The van der Waals surface area contributed by atoms with Gasteiger partial charge in [0, 0.05) is 0 Å². The number of rotatable bonds is 1. The Balaban J connectivity index is 2.35. The summed E-state index contributed by atoms with van der Waals surface area (Å²) in [5.41, 5.74) is 4.81. The lowest BCUT2D eigenvalue weighted by Crippen LogP contribution is -2.24. The highest BCUT2D eigenvalue weighted by molar-refractivity contribution is 5.93. The number of cyclic esters (lactones) is 1. The molecule has 1 aliphatic heterocycles. The van der Waals surface area contributed by atoms with Crippen LogP contribution in [0, 0.1) is 0 Å². The summed E-state index contributed by atoms with van der Waals surface area (Å²) >= 11 is 0. The molecule has 1 saturated heterocycles. The molecule has 1 fully saturated rings. The van der Waals surface area contributed by atoms with E-state index in [0.29, 0.717) is 0 Å². The number of amides is 1. The molecular weight excluding hydrogens is 237 g/mol. The molecule has 0 aliphatic carbocycles. The van der Waals surface area contributed by atoms with Gasteiger partial charge in [-0.2, -0.15) is 13.2 Å². The van der Waals surface area contributed by atoms with E-state index in [-0.39, 0.29) is 24.5 Å². The summed E-state index contributed by atoms with van der Waals surface area (Å²) in [6.45, 7) is 0.494. The van der Waals surface area contributed by atoms with Crippen LogP contribution in [0.4, 0.5) is 29.3 Å². The second-order valence-electron chi connectivity index (χ2n) is 3.54. The Hall–Kier alpha value is -1.92. The van der Waals surface area contributed by atoms with Gasteiger partial charge in [0.2, 0.25) is 0 Å². The fraction of sp³-hybridized carbons (Fsp3) is 0.300. The molecule has 1 aliphatic rings. The van der Waals surface area contributed by atoms with Crippen molar-refractivity contribution in [3.05, 3.63) is 23.8 Å². The molecule has 7 heteroatoms. The van der Waals surface area contributed by atoms with Crippen LogP contribution in [0.1, 0.15) is 5.56 Å². The van der Waals surface area contributed by atoms with Gasteiger partial charge in [-0.25, -0.2) is 4.79 Å². The van der Waals surface area contributed by atoms with E-state index in [1.54, 1.807) is 0 Å². The topological polar surface area (TPSA) is 55.6 Å². The molecule has 0 bridgehead atoms. The normalized spacial score (nSPS) is 16.2. The average molecular weight is 246 g/mol. The van der Waals surface area contributed by atoms with Crippen molar-refractivity contribution >= 4 is 17.5 Å². The maximum atomic E-state index is 12.4. The molecule has 0 aromatic heterocycles. The van der Waals surface area contributed by atoms with Gasteiger partial charge < -0.3 is 10.5 Å². The number of nitrogen functional groups attached to an aromatic ring is 1.